The Kier molecular flexibility index (Phi) is 5.16. The average Bonchev–Trinajstić information content (AvgIpc) is 3.12. The van der Waals surface area contributed by atoms with Crippen molar-refractivity contribution in [3.8, 4) is 11.4 Å². The molecule has 0 aliphatic heterocycles. The number of fused-ring (bicyclic) bond motifs is 1. The quantitative estimate of drug-likeness (QED) is 0.683. The van der Waals surface area contributed by atoms with Gasteiger partial charge in [-0.1, -0.05) is 36.4 Å². The molecule has 6 heteroatoms. The first-order valence-corrected chi connectivity index (χ1v) is 10.1. The molecule has 0 saturated carbocycles. The molecule has 2 aromatic heterocycles. The van der Waals surface area contributed by atoms with E-state index in [1.807, 2.05) is 47.8 Å². The smallest absolute Gasteiger partial charge is 0.254 e. The molecule has 1 aliphatic carbocycles. The van der Waals surface area contributed by atoms with Crippen LogP contribution in [0.4, 0.5) is 0 Å². The molecule has 2 heterocycles. The van der Waals surface area contributed by atoms with E-state index in [1.54, 1.807) is 11.3 Å². The standard InChI is InChI=1S/C21H21N3O2S/c25-20(22-13-16-7-4-12-27-16)15-8-10-17-18(11-9-15)23-19(24-21(17)26)14-5-2-1-3-6-14/h1-7,12,15H,8-11,13H2,(H,22,25)(H,23,24,26). The number of nitrogens with one attached hydrogen (secondary N) is 2. The summed E-state index contributed by atoms with van der Waals surface area (Å²) in [5.41, 5.74) is 2.36. The summed E-state index contributed by atoms with van der Waals surface area (Å²) in [6, 6.07) is 13.7. The Morgan fingerprint density at radius 2 is 1.96 bits per heavy atom. The first-order valence-electron chi connectivity index (χ1n) is 9.18. The number of carbonyl (C=O) groups excluding carboxylic acids is 1. The Morgan fingerprint density at radius 3 is 2.74 bits per heavy atom. The van der Waals surface area contributed by atoms with E-state index in [0.717, 1.165) is 21.7 Å². The van der Waals surface area contributed by atoms with Crippen molar-refractivity contribution in [2.24, 2.45) is 5.92 Å². The highest BCUT2D eigenvalue weighted by molar-refractivity contribution is 7.09. The van der Waals surface area contributed by atoms with Crippen molar-refractivity contribution in [1.82, 2.24) is 15.3 Å². The Hall–Kier alpha value is -2.73. The molecule has 3 aromatic rings. The maximum atomic E-state index is 12.6. The second-order valence-corrected chi connectivity index (χ2v) is 7.81. The molecule has 0 saturated heterocycles. The fraction of sp³-hybridized carbons (Fsp3) is 0.286. The molecular weight excluding hydrogens is 358 g/mol. The van der Waals surface area contributed by atoms with Gasteiger partial charge in [-0.05, 0) is 37.1 Å². The number of aryl methyl sites for hydroxylation is 1. The fourth-order valence-corrected chi connectivity index (χ4v) is 4.15. The number of hydrogen-bond acceptors (Lipinski definition) is 4. The third-order valence-electron chi connectivity index (χ3n) is 5.01. The number of aromatic amines is 1. The molecule has 0 fully saturated rings. The normalized spacial score (nSPS) is 16.4. The minimum absolute atomic E-state index is 0.0657. The van der Waals surface area contributed by atoms with Crippen LogP contribution in [0.25, 0.3) is 11.4 Å². The minimum Gasteiger partial charge on any atom is -0.351 e. The summed E-state index contributed by atoms with van der Waals surface area (Å²) in [5, 5.41) is 5.03. The zero-order chi connectivity index (χ0) is 18.6. The third kappa shape index (κ3) is 4.01. The van der Waals surface area contributed by atoms with E-state index in [-0.39, 0.29) is 17.4 Å². The van der Waals surface area contributed by atoms with E-state index in [0.29, 0.717) is 38.1 Å². The minimum atomic E-state index is -0.0847. The highest BCUT2D eigenvalue weighted by Gasteiger charge is 2.25. The van der Waals surface area contributed by atoms with Crippen LogP contribution in [0.2, 0.25) is 0 Å². The SMILES string of the molecule is O=C(NCc1cccs1)C1CCc2nc(-c3ccccc3)[nH]c(=O)c2CC1. The monoisotopic (exact) mass is 379 g/mol. The third-order valence-corrected chi connectivity index (χ3v) is 5.88. The van der Waals surface area contributed by atoms with Gasteiger partial charge in [-0.3, -0.25) is 9.59 Å². The molecular formula is C21H21N3O2S. The zero-order valence-electron chi connectivity index (χ0n) is 14.9. The van der Waals surface area contributed by atoms with Crippen LogP contribution in [0.5, 0.6) is 0 Å². The predicted octanol–water partition coefficient (Wildman–Crippen LogP) is 3.31. The lowest BCUT2D eigenvalue weighted by Crippen LogP contribution is -2.30. The van der Waals surface area contributed by atoms with Crippen LogP contribution in [0.3, 0.4) is 0 Å². The molecule has 2 N–H and O–H groups in total. The van der Waals surface area contributed by atoms with Gasteiger partial charge in [-0.2, -0.15) is 0 Å². The Morgan fingerprint density at radius 1 is 1.15 bits per heavy atom. The summed E-state index contributed by atoms with van der Waals surface area (Å²) in [5.74, 6) is 0.578. The lowest BCUT2D eigenvalue weighted by molar-refractivity contribution is -0.125. The number of H-pyrrole nitrogens is 1. The molecule has 1 aromatic carbocycles. The number of rotatable bonds is 4. The van der Waals surface area contributed by atoms with Crippen molar-refractivity contribution in [1.29, 1.82) is 0 Å². The lowest BCUT2D eigenvalue weighted by atomic mass is 9.99. The van der Waals surface area contributed by atoms with Gasteiger partial charge in [0.2, 0.25) is 5.91 Å². The van der Waals surface area contributed by atoms with Crippen LogP contribution >= 0.6 is 11.3 Å². The van der Waals surface area contributed by atoms with Crippen LogP contribution in [-0.2, 0) is 24.2 Å². The zero-order valence-corrected chi connectivity index (χ0v) is 15.7. The molecule has 27 heavy (non-hydrogen) atoms. The molecule has 5 nitrogen and oxygen atoms in total. The summed E-state index contributed by atoms with van der Waals surface area (Å²) >= 11 is 1.64. The largest absolute Gasteiger partial charge is 0.351 e. The average molecular weight is 379 g/mol. The summed E-state index contributed by atoms with van der Waals surface area (Å²) in [6.07, 6.45) is 2.63. The van der Waals surface area contributed by atoms with E-state index in [2.05, 4.69) is 10.3 Å². The Balaban J connectivity index is 1.48. The molecule has 0 radical (unpaired) electrons. The summed E-state index contributed by atoms with van der Waals surface area (Å²) in [7, 11) is 0. The van der Waals surface area contributed by atoms with E-state index < -0.39 is 0 Å². The van der Waals surface area contributed by atoms with Crippen molar-refractivity contribution in [2.75, 3.05) is 0 Å². The van der Waals surface area contributed by atoms with Crippen LogP contribution in [0, 0.1) is 5.92 Å². The van der Waals surface area contributed by atoms with Crippen LogP contribution in [0.1, 0.15) is 29.0 Å². The maximum absolute atomic E-state index is 12.6. The molecule has 0 spiro atoms. The van der Waals surface area contributed by atoms with Gasteiger partial charge in [0.1, 0.15) is 5.82 Å². The highest BCUT2D eigenvalue weighted by Crippen LogP contribution is 2.23. The molecule has 1 atom stereocenters. The van der Waals surface area contributed by atoms with E-state index >= 15 is 0 Å². The number of benzene rings is 1. The number of carbonyl (C=O) groups is 1. The molecule has 1 amide bonds. The highest BCUT2D eigenvalue weighted by atomic mass is 32.1. The van der Waals surface area contributed by atoms with Gasteiger partial charge in [0.15, 0.2) is 0 Å². The number of hydrogen-bond donors (Lipinski definition) is 2. The van der Waals surface area contributed by atoms with Crippen LogP contribution < -0.4 is 10.9 Å². The maximum Gasteiger partial charge on any atom is 0.254 e. The van der Waals surface area contributed by atoms with Crippen LogP contribution in [-0.4, -0.2) is 15.9 Å². The summed E-state index contributed by atoms with van der Waals surface area (Å²) in [6.45, 7) is 0.566. The number of thiophene rings is 1. The first kappa shape index (κ1) is 17.7. The van der Waals surface area contributed by atoms with Gasteiger partial charge in [0, 0.05) is 21.9 Å². The van der Waals surface area contributed by atoms with Crippen molar-refractivity contribution >= 4 is 17.2 Å². The van der Waals surface area contributed by atoms with Crippen molar-refractivity contribution in [2.45, 2.75) is 32.2 Å². The molecule has 138 valence electrons. The molecule has 4 rings (SSSR count). The fourth-order valence-electron chi connectivity index (χ4n) is 3.51. The van der Waals surface area contributed by atoms with Crippen molar-refractivity contribution in [3.05, 3.63) is 74.3 Å². The van der Waals surface area contributed by atoms with E-state index in [1.165, 1.54) is 0 Å². The van der Waals surface area contributed by atoms with Crippen molar-refractivity contribution in [3.63, 3.8) is 0 Å². The van der Waals surface area contributed by atoms with Gasteiger partial charge in [-0.15, -0.1) is 11.3 Å². The molecule has 1 aliphatic rings. The predicted molar refractivity (Wildman–Crippen MR) is 107 cm³/mol. The topological polar surface area (TPSA) is 74.8 Å². The van der Waals surface area contributed by atoms with Gasteiger partial charge >= 0.3 is 0 Å². The van der Waals surface area contributed by atoms with E-state index in [9.17, 15) is 9.59 Å². The number of aromatic nitrogens is 2. The summed E-state index contributed by atoms with van der Waals surface area (Å²) in [4.78, 5) is 33.9. The Bertz CT molecular complexity index is 980. The van der Waals surface area contributed by atoms with Gasteiger partial charge in [-0.25, -0.2) is 4.98 Å². The molecule has 1 unspecified atom stereocenters. The van der Waals surface area contributed by atoms with Gasteiger partial charge in [0.25, 0.3) is 5.56 Å². The van der Waals surface area contributed by atoms with Crippen molar-refractivity contribution < 1.29 is 4.79 Å². The van der Waals surface area contributed by atoms with Gasteiger partial charge in [0.05, 0.1) is 12.2 Å². The van der Waals surface area contributed by atoms with Gasteiger partial charge < -0.3 is 10.3 Å². The molecule has 0 bridgehead atoms. The lowest BCUT2D eigenvalue weighted by Gasteiger charge is -2.13. The summed E-state index contributed by atoms with van der Waals surface area (Å²) < 4.78 is 0. The second-order valence-electron chi connectivity index (χ2n) is 6.78. The first-order chi connectivity index (χ1) is 13.2. The number of nitrogens with zero attached hydrogens (tertiary/aromatic N) is 1. The number of amides is 1. The Labute approximate surface area is 161 Å². The van der Waals surface area contributed by atoms with Crippen LogP contribution in [0.15, 0.2) is 52.6 Å². The second kappa shape index (κ2) is 7.88. The van der Waals surface area contributed by atoms with E-state index in [4.69, 9.17) is 4.98 Å².